The van der Waals surface area contributed by atoms with E-state index in [4.69, 9.17) is 0 Å². The number of aromatic nitrogens is 1. The van der Waals surface area contributed by atoms with Crippen LogP contribution in [0.25, 0.3) is 0 Å². The molecule has 3 N–H and O–H groups in total. The van der Waals surface area contributed by atoms with E-state index in [9.17, 15) is 22.8 Å². The number of rotatable bonds is 5. The number of nitrogens with zero attached hydrogens (tertiary/aromatic N) is 1. The fourth-order valence-electron chi connectivity index (χ4n) is 3.57. The van der Waals surface area contributed by atoms with Gasteiger partial charge in [-0.05, 0) is 25.1 Å². The fraction of sp³-hybridized carbons (Fsp3) is 0.375. The molecule has 2 heterocycles. The lowest BCUT2D eigenvalue weighted by Crippen LogP contribution is -2.48. The van der Waals surface area contributed by atoms with Crippen LogP contribution in [0.2, 0.25) is 0 Å². The lowest BCUT2D eigenvalue weighted by atomic mass is 9.96. The molecule has 0 bridgehead atoms. The molecule has 1 aromatic heterocycles. The van der Waals surface area contributed by atoms with Gasteiger partial charge in [0.2, 0.25) is 11.8 Å². The smallest absolute Gasteiger partial charge is 0.352 e. The molecular weight excluding hydrogens is 452 g/mol. The van der Waals surface area contributed by atoms with Gasteiger partial charge < -0.3 is 10.6 Å². The van der Waals surface area contributed by atoms with Crippen LogP contribution in [0, 0.1) is 23.6 Å². The van der Waals surface area contributed by atoms with Crippen LogP contribution >= 0.6 is 0 Å². The van der Waals surface area contributed by atoms with E-state index >= 15 is 4.39 Å². The third-order valence-corrected chi connectivity index (χ3v) is 5.31. The predicted molar refractivity (Wildman–Crippen MR) is 116 cm³/mol. The average molecular weight is 476 g/mol. The second-order valence-electron chi connectivity index (χ2n) is 8.14. The summed E-state index contributed by atoms with van der Waals surface area (Å²) in [5.74, 6) is 3.10. The zero-order valence-electron chi connectivity index (χ0n) is 18.8. The minimum Gasteiger partial charge on any atom is -0.352 e. The Morgan fingerprint density at radius 2 is 2.00 bits per heavy atom. The van der Waals surface area contributed by atoms with Crippen LogP contribution < -0.4 is 16.0 Å². The Morgan fingerprint density at radius 1 is 1.26 bits per heavy atom. The van der Waals surface area contributed by atoms with Gasteiger partial charge in [-0.25, -0.2) is 4.39 Å². The summed E-state index contributed by atoms with van der Waals surface area (Å²) >= 11 is 0. The maximum Gasteiger partial charge on any atom is 0.416 e. The maximum absolute atomic E-state index is 15.4. The Balaban J connectivity index is 1.97. The van der Waals surface area contributed by atoms with Crippen LogP contribution in [0.3, 0.4) is 0 Å². The molecule has 180 valence electrons. The van der Waals surface area contributed by atoms with Gasteiger partial charge in [0.1, 0.15) is 12.0 Å². The molecule has 0 aliphatic carbocycles. The molecule has 0 saturated carbocycles. The zero-order valence-corrected chi connectivity index (χ0v) is 18.8. The third kappa shape index (κ3) is 5.72. The molecule has 1 aromatic carbocycles. The Labute approximate surface area is 194 Å². The van der Waals surface area contributed by atoms with E-state index in [0.717, 1.165) is 12.1 Å². The van der Waals surface area contributed by atoms with Crippen LogP contribution in [-0.4, -0.2) is 16.8 Å². The van der Waals surface area contributed by atoms with Gasteiger partial charge >= 0.3 is 6.18 Å². The maximum atomic E-state index is 15.4. The number of hydrogen-bond donors (Lipinski definition) is 3. The van der Waals surface area contributed by atoms with Crippen molar-refractivity contribution in [1.82, 2.24) is 20.9 Å². The quantitative estimate of drug-likeness (QED) is 0.454. The Bertz CT molecular complexity index is 1130. The average Bonchev–Trinajstić information content (AvgIpc) is 2.77. The highest BCUT2D eigenvalue weighted by Gasteiger charge is 2.40. The van der Waals surface area contributed by atoms with Crippen molar-refractivity contribution >= 4 is 11.8 Å². The number of nitrogens with one attached hydrogen (secondary N) is 3. The zero-order chi connectivity index (χ0) is 25.0. The molecular formula is C24H24F4N4O2. The van der Waals surface area contributed by atoms with E-state index in [1.54, 1.807) is 32.9 Å². The Kier molecular flexibility index (Phi) is 7.57. The van der Waals surface area contributed by atoms with E-state index in [1.165, 1.54) is 6.20 Å². The summed E-state index contributed by atoms with van der Waals surface area (Å²) in [5.41, 5.74) is -1.03. The standard InChI is InChI=1S/C24H24F4N4O2/c1-4-5-14-6-9-17(29-11-14)18-10-19(33)32-22(31-18)20-16(24(26,27)28)8-7-15(21(20)25)12-30-23(34)13(2)3/h6-9,11,13,18,22,31H,10,12H2,1-3H3,(H,30,34)(H,32,33). The van der Waals surface area contributed by atoms with Gasteiger partial charge in [0.25, 0.3) is 0 Å². The molecule has 2 amide bonds. The molecule has 2 aromatic rings. The summed E-state index contributed by atoms with van der Waals surface area (Å²) in [6.45, 7) is 4.65. The van der Waals surface area contributed by atoms with E-state index in [2.05, 4.69) is 32.8 Å². The Morgan fingerprint density at radius 3 is 2.59 bits per heavy atom. The van der Waals surface area contributed by atoms with Crippen molar-refractivity contribution in [2.75, 3.05) is 0 Å². The first-order chi connectivity index (χ1) is 16.0. The molecule has 1 fully saturated rings. The monoisotopic (exact) mass is 476 g/mol. The molecule has 1 aliphatic rings. The van der Waals surface area contributed by atoms with Gasteiger partial charge in [0.05, 0.1) is 17.3 Å². The van der Waals surface area contributed by atoms with Crippen LogP contribution in [0.1, 0.15) is 67.3 Å². The van der Waals surface area contributed by atoms with E-state index < -0.39 is 41.2 Å². The normalized spacial score (nSPS) is 18.2. The summed E-state index contributed by atoms with van der Waals surface area (Å²) in [5, 5.41) is 7.77. The van der Waals surface area contributed by atoms with Crippen molar-refractivity contribution in [2.24, 2.45) is 5.92 Å². The van der Waals surface area contributed by atoms with Crippen LogP contribution in [0.4, 0.5) is 17.6 Å². The van der Waals surface area contributed by atoms with Gasteiger partial charge in [0, 0.05) is 41.8 Å². The second kappa shape index (κ2) is 10.2. The van der Waals surface area contributed by atoms with Gasteiger partial charge in [0.15, 0.2) is 0 Å². The summed E-state index contributed by atoms with van der Waals surface area (Å²) in [7, 11) is 0. The highest BCUT2D eigenvalue weighted by molar-refractivity contribution is 5.78. The van der Waals surface area contributed by atoms with Gasteiger partial charge in [-0.3, -0.25) is 19.9 Å². The van der Waals surface area contributed by atoms with Crippen LogP contribution in [0.15, 0.2) is 30.5 Å². The predicted octanol–water partition coefficient (Wildman–Crippen LogP) is 3.73. The van der Waals surface area contributed by atoms with Crippen molar-refractivity contribution in [3.05, 3.63) is 64.2 Å². The minimum absolute atomic E-state index is 0.0879. The topological polar surface area (TPSA) is 83.1 Å². The summed E-state index contributed by atoms with van der Waals surface area (Å²) in [6, 6.07) is 4.29. The highest BCUT2D eigenvalue weighted by atomic mass is 19.4. The SMILES string of the molecule is CC#Cc1ccc(C2CC(=O)NC(c3c(C(F)(F)F)ccc(CNC(=O)C(C)C)c3F)N2)nc1. The van der Waals surface area contributed by atoms with Crippen LogP contribution in [0.5, 0.6) is 0 Å². The van der Waals surface area contributed by atoms with Crippen molar-refractivity contribution in [2.45, 2.75) is 52.1 Å². The number of hydrogen-bond acceptors (Lipinski definition) is 4. The molecule has 2 unspecified atom stereocenters. The molecule has 10 heteroatoms. The number of amides is 2. The van der Waals surface area contributed by atoms with Crippen molar-refractivity contribution in [1.29, 1.82) is 0 Å². The molecule has 6 nitrogen and oxygen atoms in total. The first-order valence-corrected chi connectivity index (χ1v) is 10.6. The number of benzene rings is 1. The van der Waals surface area contributed by atoms with Gasteiger partial charge in [-0.15, -0.1) is 5.92 Å². The molecule has 0 spiro atoms. The minimum atomic E-state index is -4.87. The molecule has 1 aliphatic heterocycles. The molecule has 1 saturated heterocycles. The van der Waals surface area contributed by atoms with E-state index in [-0.39, 0.29) is 30.4 Å². The number of alkyl halides is 3. The van der Waals surface area contributed by atoms with E-state index in [1.807, 2.05) is 0 Å². The Hall–Kier alpha value is -3.45. The number of carbonyl (C=O) groups is 2. The van der Waals surface area contributed by atoms with Gasteiger partial charge in [-0.2, -0.15) is 13.2 Å². The molecule has 0 radical (unpaired) electrons. The second-order valence-corrected chi connectivity index (χ2v) is 8.14. The van der Waals surface area contributed by atoms with Crippen molar-refractivity contribution < 1.29 is 27.2 Å². The molecule has 3 rings (SSSR count). The van der Waals surface area contributed by atoms with Crippen molar-refractivity contribution in [3.8, 4) is 11.8 Å². The fourth-order valence-corrected chi connectivity index (χ4v) is 3.57. The third-order valence-electron chi connectivity index (χ3n) is 5.31. The molecule has 34 heavy (non-hydrogen) atoms. The summed E-state index contributed by atoms with van der Waals surface area (Å²) in [6.07, 6.45) is -4.92. The lowest BCUT2D eigenvalue weighted by Gasteiger charge is -2.33. The van der Waals surface area contributed by atoms with E-state index in [0.29, 0.717) is 11.3 Å². The number of halogens is 4. The number of pyridine rings is 1. The summed E-state index contributed by atoms with van der Waals surface area (Å²) < 4.78 is 56.7. The van der Waals surface area contributed by atoms with Crippen LogP contribution in [-0.2, 0) is 22.3 Å². The molecule has 2 atom stereocenters. The van der Waals surface area contributed by atoms with Gasteiger partial charge in [-0.1, -0.05) is 25.8 Å². The first kappa shape index (κ1) is 25.2. The summed E-state index contributed by atoms with van der Waals surface area (Å²) in [4.78, 5) is 28.5. The highest BCUT2D eigenvalue weighted by Crippen LogP contribution is 2.38. The van der Waals surface area contributed by atoms with Crippen molar-refractivity contribution in [3.63, 3.8) is 0 Å². The number of carbonyl (C=O) groups excluding carboxylic acids is 2. The lowest BCUT2D eigenvalue weighted by molar-refractivity contribution is -0.139. The largest absolute Gasteiger partial charge is 0.416 e. The first-order valence-electron chi connectivity index (χ1n) is 10.6.